The third kappa shape index (κ3) is 3.79. The van der Waals surface area contributed by atoms with E-state index in [0.29, 0.717) is 5.56 Å². The van der Waals surface area contributed by atoms with Crippen LogP contribution in [0.5, 0.6) is 5.75 Å². The average Bonchev–Trinajstić information content (AvgIpc) is 3.46. The van der Waals surface area contributed by atoms with Gasteiger partial charge in [-0.1, -0.05) is 54.6 Å². The van der Waals surface area contributed by atoms with Crippen LogP contribution in [0.15, 0.2) is 60.7 Å². The highest BCUT2D eigenvalue weighted by Gasteiger charge is 2.69. The van der Waals surface area contributed by atoms with E-state index in [0.717, 1.165) is 16.7 Å². The molecule has 0 heterocycles. The van der Waals surface area contributed by atoms with E-state index in [1.165, 1.54) is 11.0 Å². The van der Waals surface area contributed by atoms with Crippen LogP contribution >= 0.6 is 0 Å². The molecule has 9 nitrogen and oxygen atoms in total. The van der Waals surface area contributed by atoms with Crippen molar-refractivity contribution >= 4 is 29.0 Å². The minimum atomic E-state index is -2.73. The number of hydrogen-bond donors (Lipinski definition) is 3. The highest BCUT2D eigenvalue weighted by molar-refractivity contribution is 6.32. The molecule has 41 heavy (non-hydrogen) atoms. The lowest BCUT2D eigenvalue weighted by molar-refractivity contribution is -0.181. The predicted octanol–water partition coefficient (Wildman–Crippen LogP) is 1.74. The second-order valence-corrected chi connectivity index (χ2v) is 11.7. The average molecular weight is 555 g/mol. The number of ketones is 4. The second kappa shape index (κ2) is 9.43. The largest absolute Gasteiger partial charge is 0.507 e. The van der Waals surface area contributed by atoms with Crippen molar-refractivity contribution < 1.29 is 34.2 Å². The predicted molar refractivity (Wildman–Crippen MR) is 148 cm³/mol. The van der Waals surface area contributed by atoms with Crippen molar-refractivity contribution in [3.05, 3.63) is 77.4 Å². The molecule has 0 saturated heterocycles. The van der Waals surface area contributed by atoms with Crippen LogP contribution in [0.4, 0.5) is 0 Å². The molecular formula is C32H30N2O7. The van der Waals surface area contributed by atoms with Crippen molar-refractivity contribution in [2.24, 2.45) is 29.4 Å². The molecule has 4 aliphatic carbocycles. The number of hydrogen-bond acceptors (Lipinski definition) is 8. The van der Waals surface area contributed by atoms with Gasteiger partial charge in [0.15, 0.2) is 34.7 Å². The van der Waals surface area contributed by atoms with Gasteiger partial charge < -0.3 is 15.9 Å². The van der Waals surface area contributed by atoms with Crippen molar-refractivity contribution in [3.63, 3.8) is 0 Å². The zero-order valence-corrected chi connectivity index (χ0v) is 22.6. The van der Waals surface area contributed by atoms with Crippen LogP contribution in [0.25, 0.3) is 11.1 Å². The van der Waals surface area contributed by atoms with Gasteiger partial charge in [-0.3, -0.25) is 28.9 Å². The highest BCUT2D eigenvalue weighted by Crippen LogP contribution is 2.51. The number of fused-ring (bicyclic) bond motifs is 3. The number of benzene rings is 2. The lowest BCUT2D eigenvalue weighted by atomic mass is 9.52. The monoisotopic (exact) mass is 554 g/mol. The van der Waals surface area contributed by atoms with Crippen LogP contribution in [0.2, 0.25) is 0 Å². The molecule has 0 bridgehead atoms. The van der Waals surface area contributed by atoms with Gasteiger partial charge >= 0.3 is 0 Å². The molecule has 2 saturated carbocycles. The van der Waals surface area contributed by atoms with Gasteiger partial charge in [0.05, 0.1) is 17.5 Å². The Labute approximate surface area is 236 Å². The van der Waals surface area contributed by atoms with Crippen molar-refractivity contribution in [2.45, 2.75) is 30.4 Å². The first-order valence-electron chi connectivity index (χ1n) is 13.6. The number of allylic oxidation sites excluding steroid dienone is 4. The molecule has 0 aliphatic heterocycles. The Morgan fingerprint density at radius 3 is 2.24 bits per heavy atom. The molecule has 210 valence electrons. The molecule has 0 spiro atoms. The van der Waals surface area contributed by atoms with E-state index in [2.05, 4.69) is 12.2 Å². The Bertz CT molecular complexity index is 1580. The van der Waals surface area contributed by atoms with Gasteiger partial charge in [-0.25, -0.2) is 0 Å². The van der Waals surface area contributed by atoms with Gasteiger partial charge in [0, 0.05) is 11.8 Å². The molecule has 9 heteroatoms. The summed E-state index contributed by atoms with van der Waals surface area (Å²) in [4.78, 5) is 68.1. The molecule has 2 aromatic rings. The van der Waals surface area contributed by atoms with Crippen molar-refractivity contribution in [3.8, 4) is 16.9 Å². The third-order valence-electron chi connectivity index (χ3n) is 9.30. The maximum atomic E-state index is 14.0. The maximum absolute atomic E-state index is 14.0. The zero-order valence-electron chi connectivity index (χ0n) is 22.6. The second-order valence-electron chi connectivity index (χ2n) is 11.7. The molecule has 6 atom stereocenters. The summed E-state index contributed by atoms with van der Waals surface area (Å²) < 4.78 is 0. The number of nitrogens with two attached hydrogens (primary N) is 1. The summed E-state index contributed by atoms with van der Waals surface area (Å²) in [6, 6.07) is 9.93. The van der Waals surface area contributed by atoms with E-state index in [1.807, 2.05) is 36.4 Å². The summed E-state index contributed by atoms with van der Waals surface area (Å²) in [5.74, 6) is -10.3. The number of Topliss-reactive ketones (excluding diaryl/α,β-unsaturated/α-hetero) is 4. The lowest BCUT2D eigenvalue weighted by Gasteiger charge is -2.52. The SMILES string of the molecule is CN(C)[C@H]1C(=O)C(C(N)=O)C(=O)[C@]2(O)C(=O)C3C(=O)c4c(O)ccc(-c5ccc(C6C=CC=C6)cc5)c4C[C@@H]3C[C@H]12. The van der Waals surface area contributed by atoms with E-state index in [-0.39, 0.29) is 30.1 Å². The van der Waals surface area contributed by atoms with Crippen LogP contribution in [0.1, 0.15) is 33.8 Å². The summed E-state index contributed by atoms with van der Waals surface area (Å²) in [7, 11) is 3.12. The Morgan fingerprint density at radius 1 is 0.976 bits per heavy atom. The van der Waals surface area contributed by atoms with E-state index in [1.54, 1.807) is 20.2 Å². The molecule has 2 fully saturated rings. The molecule has 4 aliphatic rings. The van der Waals surface area contributed by atoms with Crippen LogP contribution in [-0.4, -0.2) is 69.9 Å². The summed E-state index contributed by atoms with van der Waals surface area (Å²) in [6.07, 6.45) is 8.39. The Hall–Kier alpha value is -4.21. The minimum Gasteiger partial charge on any atom is -0.507 e. The van der Waals surface area contributed by atoms with Crippen LogP contribution in [0, 0.1) is 23.7 Å². The number of phenolic OH excluding ortho intramolecular Hbond substituents is 1. The third-order valence-corrected chi connectivity index (χ3v) is 9.30. The van der Waals surface area contributed by atoms with Gasteiger partial charge in [0.1, 0.15) is 5.75 Å². The number of primary amides is 1. The van der Waals surface area contributed by atoms with Crippen molar-refractivity contribution in [1.29, 1.82) is 0 Å². The molecule has 0 radical (unpaired) electrons. The quantitative estimate of drug-likeness (QED) is 0.483. The van der Waals surface area contributed by atoms with Gasteiger partial charge in [-0.15, -0.1) is 0 Å². The standard InChI is InChI=1S/C32H30N2O7/c1-34(2)26-21-14-18-13-20-19(17-9-7-16(8-10-17)15-5-3-4-6-15)11-12-22(35)24(20)27(36)23(18)29(38)32(21,41)30(39)25(28(26)37)31(33)40/h3-12,15,18,21,23,25-26,35,41H,13-14H2,1-2H3,(H2,33,40)/t18-,21-,23?,25?,26-,32-/m1/s1. The first-order chi connectivity index (χ1) is 19.5. The summed E-state index contributed by atoms with van der Waals surface area (Å²) in [5.41, 5.74) is 5.87. The van der Waals surface area contributed by atoms with Gasteiger partial charge in [-0.2, -0.15) is 0 Å². The summed E-state index contributed by atoms with van der Waals surface area (Å²) in [5, 5.41) is 22.5. The normalized spacial score (nSPS) is 30.9. The fraction of sp³-hybridized carbons (Fsp3) is 0.344. The first-order valence-corrected chi connectivity index (χ1v) is 13.6. The van der Waals surface area contributed by atoms with Gasteiger partial charge in [0.25, 0.3) is 0 Å². The smallest absolute Gasteiger partial charge is 0.235 e. The molecule has 4 N–H and O–H groups in total. The topological polar surface area (TPSA) is 155 Å². The van der Waals surface area contributed by atoms with E-state index >= 15 is 0 Å². The zero-order chi connectivity index (χ0) is 29.4. The molecule has 1 amide bonds. The van der Waals surface area contributed by atoms with Gasteiger partial charge in [-0.05, 0) is 61.2 Å². The van der Waals surface area contributed by atoms with Crippen molar-refractivity contribution in [2.75, 3.05) is 14.1 Å². The fourth-order valence-corrected chi connectivity index (χ4v) is 7.41. The molecular weight excluding hydrogens is 524 g/mol. The van der Waals surface area contributed by atoms with Crippen LogP contribution in [0.3, 0.4) is 0 Å². The number of carbonyl (C=O) groups is 5. The highest BCUT2D eigenvalue weighted by atomic mass is 16.3. The summed E-state index contributed by atoms with van der Waals surface area (Å²) >= 11 is 0. The summed E-state index contributed by atoms with van der Waals surface area (Å²) in [6.45, 7) is 0. The number of nitrogens with zero attached hydrogens (tertiary/aromatic N) is 1. The molecule has 0 aromatic heterocycles. The maximum Gasteiger partial charge on any atom is 0.235 e. The van der Waals surface area contributed by atoms with E-state index in [4.69, 9.17) is 5.73 Å². The number of aromatic hydroxyl groups is 1. The number of carbonyl (C=O) groups excluding carboxylic acids is 5. The first kappa shape index (κ1) is 27.0. The lowest BCUT2D eigenvalue weighted by Crippen LogP contribution is -2.74. The molecule has 6 rings (SSSR count). The van der Waals surface area contributed by atoms with E-state index in [9.17, 15) is 34.2 Å². The Kier molecular flexibility index (Phi) is 6.20. The number of phenols is 1. The number of rotatable bonds is 4. The minimum absolute atomic E-state index is 0.0122. The van der Waals surface area contributed by atoms with Crippen LogP contribution < -0.4 is 5.73 Å². The number of likely N-dealkylation sites (N-methyl/N-ethyl adjacent to an activating group) is 1. The number of amides is 1. The fourth-order valence-electron chi connectivity index (χ4n) is 7.41. The van der Waals surface area contributed by atoms with Crippen molar-refractivity contribution in [1.82, 2.24) is 4.90 Å². The molecule has 2 aromatic carbocycles. The molecule has 2 unspecified atom stereocenters. The Morgan fingerprint density at radius 2 is 1.63 bits per heavy atom. The van der Waals surface area contributed by atoms with E-state index < -0.39 is 64.4 Å². The van der Waals surface area contributed by atoms with Gasteiger partial charge in [0.2, 0.25) is 5.91 Å². The number of aliphatic hydroxyl groups is 1. The van der Waals surface area contributed by atoms with Crippen LogP contribution in [-0.2, 0) is 25.6 Å². The Balaban J connectivity index is 1.43.